The van der Waals surface area contributed by atoms with Gasteiger partial charge in [-0.05, 0) is 52.1 Å². The van der Waals surface area contributed by atoms with Crippen LogP contribution in [-0.4, -0.2) is 48.3 Å². The Hall–Kier alpha value is -0.120. The van der Waals surface area contributed by atoms with Gasteiger partial charge >= 0.3 is 0 Å². The molecule has 0 aromatic rings. The molecule has 116 valence electrons. The fourth-order valence-electron chi connectivity index (χ4n) is 2.65. The highest BCUT2D eigenvalue weighted by Crippen LogP contribution is 2.16. The minimum absolute atomic E-state index is 0.128. The minimum Gasteiger partial charge on any atom is -0.394 e. The summed E-state index contributed by atoms with van der Waals surface area (Å²) in [5, 5.41) is 12.7. The van der Waals surface area contributed by atoms with E-state index < -0.39 is 0 Å². The highest BCUT2D eigenvalue weighted by molar-refractivity contribution is 4.81. The molecule has 0 bridgehead atoms. The van der Waals surface area contributed by atoms with Crippen LogP contribution >= 0.6 is 0 Å². The minimum atomic E-state index is -0.128. The van der Waals surface area contributed by atoms with Crippen molar-refractivity contribution in [2.24, 2.45) is 5.92 Å². The molecule has 0 fully saturated rings. The first-order chi connectivity index (χ1) is 8.92. The van der Waals surface area contributed by atoms with E-state index in [1.165, 1.54) is 19.4 Å². The number of hydrogen-bond acceptors (Lipinski definition) is 3. The first-order valence-electron chi connectivity index (χ1n) is 7.96. The van der Waals surface area contributed by atoms with Crippen LogP contribution in [0.25, 0.3) is 0 Å². The van der Waals surface area contributed by atoms with Crippen molar-refractivity contribution in [1.29, 1.82) is 0 Å². The van der Waals surface area contributed by atoms with Gasteiger partial charge in [-0.3, -0.25) is 0 Å². The molecule has 0 amide bonds. The number of nitrogens with one attached hydrogen (secondary N) is 1. The van der Waals surface area contributed by atoms with Gasteiger partial charge in [0.25, 0.3) is 0 Å². The number of nitrogens with zero attached hydrogens (tertiary/aromatic N) is 1. The number of aliphatic hydroxyl groups is 1. The van der Waals surface area contributed by atoms with Crippen molar-refractivity contribution in [2.45, 2.75) is 71.9 Å². The van der Waals surface area contributed by atoms with Crippen molar-refractivity contribution in [2.75, 3.05) is 26.7 Å². The number of rotatable bonds is 11. The normalized spacial score (nSPS) is 15.5. The molecule has 0 aromatic carbocycles. The Labute approximate surface area is 120 Å². The molecule has 0 radical (unpaired) electrons. The van der Waals surface area contributed by atoms with Crippen molar-refractivity contribution in [3.63, 3.8) is 0 Å². The Balaban J connectivity index is 4.33. The second-order valence-electron chi connectivity index (χ2n) is 6.43. The summed E-state index contributed by atoms with van der Waals surface area (Å²) in [4.78, 5) is 2.64. The Morgan fingerprint density at radius 1 is 1.21 bits per heavy atom. The lowest BCUT2D eigenvalue weighted by atomic mass is 9.96. The topological polar surface area (TPSA) is 35.5 Å². The summed E-state index contributed by atoms with van der Waals surface area (Å²) >= 11 is 0. The largest absolute Gasteiger partial charge is 0.394 e. The van der Waals surface area contributed by atoms with Gasteiger partial charge in [0.2, 0.25) is 0 Å². The summed E-state index contributed by atoms with van der Waals surface area (Å²) in [5.74, 6) is 0.717. The van der Waals surface area contributed by atoms with Crippen LogP contribution in [0.3, 0.4) is 0 Å². The van der Waals surface area contributed by atoms with Gasteiger partial charge in [-0.2, -0.15) is 0 Å². The van der Waals surface area contributed by atoms with Gasteiger partial charge in [0.1, 0.15) is 0 Å². The third-order valence-electron chi connectivity index (χ3n) is 4.18. The molecule has 1 atom stereocenters. The summed E-state index contributed by atoms with van der Waals surface area (Å²) in [6.07, 6.45) is 4.62. The summed E-state index contributed by atoms with van der Waals surface area (Å²) in [7, 11) is 1.93. The van der Waals surface area contributed by atoms with Crippen LogP contribution in [-0.2, 0) is 0 Å². The molecule has 3 heteroatoms. The molecule has 19 heavy (non-hydrogen) atoms. The molecule has 0 spiro atoms. The third-order valence-corrected chi connectivity index (χ3v) is 4.18. The molecule has 0 heterocycles. The van der Waals surface area contributed by atoms with Gasteiger partial charge in [-0.25, -0.2) is 0 Å². The van der Waals surface area contributed by atoms with Crippen LogP contribution in [0.1, 0.15) is 60.3 Å². The maximum Gasteiger partial charge on any atom is 0.0610 e. The Morgan fingerprint density at radius 2 is 1.79 bits per heavy atom. The lowest BCUT2D eigenvalue weighted by Gasteiger charge is -2.33. The van der Waals surface area contributed by atoms with Crippen LogP contribution in [0.4, 0.5) is 0 Å². The van der Waals surface area contributed by atoms with Crippen LogP contribution < -0.4 is 5.32 Å². The highest BCUT2D eigenvalue weighted by atomic mass is 16.3. The average Bonchev–Trinajstić information content (AvgIpc) is 2.39. The maximum atomic E-state index is 9.42. The van der Waals surface area contributed by atoms with Crippen LogP contribution in [0.15, 0.2) is 0 Å². The van der Waals surface area contributed by atoms with Crippen LogP contribution in [0.5, 0.6) is 0 Å². The smallest absolute Gasteiger partial charge is 0.0610 e. The van der Waals surface area contributed by atoms with Gasteiger partial charge in [-0.15, -0.1) is 0 Å². The maximum absolute atomic E-state index is 9.42. The molecule has 0 rings (SSSR count). The number of likely N-dealkylation sites (N-methyl/N-ethyl adjacent to an activating group) is 1. The summed E-state index contributed by atoms with van der Waals surface area (Å²) in [5.41, 5.74) is -0.128. The monoisotopic (exact) mass is 272 g/mol. The van der Waals surface area contributed by atoms with E-state index in [9.17, 15) is 5.11 Å². The molecule has 0 saturated carbocycles. The Morgan fingerprint density at radius 3 is 2.16 bits per heavy atom. The van der Waals surface area contributed by atoms with Crippen molar-refractivity contribution in [3.05, 3.63) is 0 Å². The molecular formula is C16H36N2O. The molecular weight excluding hydrogens is 236 g/mol. The van der Waals surface area contributed by atoms with E-state index in [0.717, 1.165) is 19.4 Å². The molecule has 0 aliphatic carbocycles. The van der Waals surface area contributed by atoms with Gasteiger partial charge in [0.05, 0.1) is 6.61 Å². The predicted octanol–water partition coefficient (Wildman–Crippen LogP) is 2.88. The standard InChI is InChI=1S/C16H36N2O/c1-7-15(8-2)18(12-14(3)4)11-9-10-16(5,13-19)17-6/h14-15,17,19H,7-13H2,1-6H3. The van der Waals surface area contributed by atoms with Crippen molar-refractivity contribution < 1.29 is 5.11 Å². The SMILES string of the molecule is CCC(CC)N(CCCC(C)(CO)NC)CC(C)C. The van der Waals surface area contributed by atoms with Gasteiger partial charge < -0.3 is 15.3 Å². The highest BCUT2D eigenvalue weighted by Gasteiger charge is 2.22. The van der Waals surface area contributed by atoms with E-state index in [-0.39, 0.29) is 12.1 Å². The molecule has 0 aromatic heterocycles. The average molecular weight is 272 g/mol. The number of hydrogen-bond donors (Lipinski definition) is 2. The number of aliphatic hydroxyl groups excluding tert-OH is 1. The Bertz CT molecular complexity index is 211. The Kier molecular flexibility index (Phi) is 9.67. The predicted molar refractivity (Wildman–Crippen MR) is 84.6 cm³/mol. The van der Waals surface area contributed by atoms with E-state index in [1.807, 2.05) is 7.05 Å². The second-order valence-corrected chi connectivity index (χ2v) is 6.43. The summed E-state index contributed by atoms with van der Waals surface area (Å²) in [6, 6.07) is 0.706. The zero-order valence-corrected chi connectivity index (χ0v) is 14.0. The molecule has 0 aliphatic rings. The molecule has 0 saturated heterocycles. The first kappa shape index (κ1) is 18.9. The van der Waals surface area contributed by atoms with E-state index >= 15 is 0 Å². The van der Waals surface area contributed by atoms with E-state index in [2.05, 4.69) is 44.8 Å². The quantitative estimate of drug-likeness (QED) is 0.607. The molecule has 1 unspecified atom stereocenters. The second kappa shape index (κ2) is 9.73. The van der Waals surface area contributed by atoms with Crippen LogP contribution in [0, 0.1) is 5.92 Å². The van der Waals surface area contributed by atoms with Crippen molar-refractivity contribution in [1.82, 2.24) is 10.2 Å². The van der Waals surface area contributed by atoms with Crippen molar-refractivity contribution >= 4 is 0 Å². The van der Waals surface area contributed by atoms with E-state index in [4.69, 9.17) is 0 Å². The van der Waals surface area contributed by atoms with Crippen molar-refractivity contribution in [3.8, 4) is 0 Å². The zero-order valence-electron chi connectivity index (χ0n) is 14.0. The van der Waals surface area contributed by atoms with Gasteiger partial charge in [-0.1, -0.05) is 27.7 Å². The summed E-state index contributed by atoms with van der Waals surface area (Å²) < 4.78 is 0. The van der Waals surface area contributed by atoms with Crippen LogP contribution in [0.2, 0.25) is 0 Å². The van der Waals surface area contributed by atoms with E-state index in [1.54, 1.807) is 0 Å². The lowest BCUT2D eigenvalue weighted by molar-refractivity contribution is 0.139. The fraction of sp³-hybridized carbons (Fsp3) is 1.00. The zero-order chi connectivity index (χ0) is 14.9. The van der Waals surface area contributed by atoms with Gasteiger partial charge in [0, 0.05) is 18.1 Å². The molecule has 2 N–H and O–H groups in total. The molecule has 0 aliphatic heterocycles. The van der Waals surface area contributed by atoms with E-state index in [0.29, 0.717) is 12.0 Å². The first-order valence-corrected chi connectivity index (χ1v) is 7.96. The summed E-state index contributed by atoms with van der Waals surface area (Å²) in [6.45, 7) is 13.8. The van der Waals surface area contributed by atoms with Gasteiger partial charge in [0.15, 0.2) is 0 Å². The lowest BCUT2D eigenvalue weighted by Crippen LogP contribution is -2.44. The molecule has 3 nitrogen and oxygen atoms in total. The fourth-order valence-corrected chi connectivity index (χ4v) is 2.65. The third kappa shape index (κ3) is 7.28.